The van der Waals surface area contributed by atoms with E-state index in [1.807, 2.05) is 70.5 Å². The molecule has 0 N–H and O–H groups in total. The summed E-state index contributed by atoms with van der Waals surface area (Å²) in [5.74, 6) is 0. The number of benzene rings is 1. The van der Waals surface area contributed by atoms with Gasteiger partial charge in [0.1, 0.15) is 0 Å². The minimum absolute atomic E-state index is 0.364. The van der Waals surface area contributed by atoms with Gasteiger partial charge in [-0.05, 0) is 51.8 Å². The number of hydrogen-bond acceptors (Lipinski definition) is 3. The van der Waals surface area contributed by atoms with Crippen molar-refractivity contribution < 1.29 is 13.0 Å². The first-order valence-electron chi connectivity index (χ1n) is 6.95. The fourth-order valence-corrected chi connectivity index (χ4v) is 10.3. The van der Waals surface area contributed by atoms with Crippen molar-refractivity contribution in [3.05, 3.63) is 35.4 Å². The standard InChI is InChI=1S/C14H27O3PSi2/c1-13-9-8-10-14(11-13)12-18(15,16-19(2,3)4)17-20(5,6)7/h8-11H,12H2,1-7H3. The molecule has 0 saturated heterocycles. The first-order valence-corrected chi connectivity index (χ1v) is 15.5. The molecule has 0 aliphatic carbocycles. The largest absolute Gasteiger partial charge is 0.351 e. The summed E-state index contributed by atoms with van der Waals surface area (Å²) in [6.07, 6.45) is 0.364. The second kappa shape index (κ2) is 6.28. The van der Waals surface area contributed by atoms with E-state index in [2.05, 4.69) is 0 Å². The Morgan fingerprint density at radius 3 is 1.90 bits per heavy atom. The molecule has 1 aromatic carbocycles. The molecule has 0 amide bonds. The Morgan fingerprint density at radius 1 is 1.00 bits per heavy atom. The maximum absolute atomic E-state index is 13.2. The van der Waals surface area contributed by atoms with Crippen molar-refractivity contribution in [3.8, 4) is 0 Å². The van der Waals surface area contributed by atoms with Crippen LogP contribution in [0.4, 0.5) is 0 Å². The zero-order valence-corrected chi connectivity index (χ0v) is 16.6. The minimum Gasteiger partial charge on any atom is -0.351 e. The third kappa shape index (κ3) is 7.00. The summed E-state index contributed by atoms with van der Waals surface area (Å²) in [6.45, 7) is 14.3. The van der Waals surface area contributed by atoms with E-state index in [0.717, 1.165) is 11.1 Å². The monoisotopic (exact) mass is 330 g/mol. The molecule has 0 aromatic heterocycles. The van der Waals surface area contributed by atoms with Gasteiger partial charge in [0, 0.05) is 0 Å². The Balaban J connectivity index is 3.02. The molecular weight excluding hydrogens is 303 g/mol. The highest BCUT2D eigenvalue weighted by molar-refractivity contribution is 7.56. The van der Waals surface area contributed by atoms with E-state index < -0.39 is 24.2 Å². The van der Waals surface area contributed by atoms with Crippen LogP contribution in [0.3, 0.4) is 0 Å². The highest BCUT2D eigenvalue weighted by atomic mass is 31.2. The lowest BCUT2D eigenvalue weighted by molar-refractivity contribution is 0.381. The zero-order chi connectivity index (χ0) is 15.6. The van der Waals surface area contributed by atoms with Gasteiger partial charge < -0.3 is 8.43 Å². The van der Waals surface area contributed by atoms with Crippen LogP contribution in [-0.2, 0) is 19.2 Å². The summed E-state index contributed by atoms with van der Waals surface area (Å²) in [6, 6.07) is 8.06. The van der Waals surface area contributed by atoms with Crippen LogP contribution in [0, 0.1) is 6.92 Å². The predicted octanol–water partition coefficient (Wildman–Crippen LogP) is 5.39. The quantitative estimate of drug-likeness (QED) is 0.518. The summed E-state index contributed by atoms with van der Waals surface area (Å²) < 4.78 is 25.1. The summed E-state index contributed by atoms with van der Waals surface area (Å²) in [5, 5.41) is 0. The molecule has 1 aromatic rings. The smallest absolute Gasteiger partial charge is 0.315 e. The molecule has 0 unspecified atom stereocenters. The minimum atomic E-state index is -3.08. The lowest BCUT2D eigenvalue weighted by atomic mass is 10.2. The number of rotatable bonds is 6. The molecule has 0 radical (unpaired) electrons. The number of aryl methyl sites for hydroxylation is 1. The molecule has 0 fully saturated rings. The Bertz CT molecular complexity index is 484. The lowest BCUT2D eigenvalue weighted by Gasteiger charge is -2.31. The van der Waals surface area contributed by atoms with Gasteiger partial charge in [0.15, 0.2) is 16.6 Å². The highest BCUT2D eigenvalue weighted by Crippen LogP contribution is 2.55. The van der Waals surface area contributed by atoms with Crippen LogP contribution in [0.25, 0.3) is 0 Å². The number of hydrogen-bond donors (Lipinski definition) is 0. The predicted molar refractivity (Wildman–Crippen MR) is 91.4 cm³/mol. The van der Waals surface area contributed by atoms with E-state index in [1.165, 1.54) is 0 Å². The van der Waals surface area contributed by atoms with Gasteiger partial charge in [-0.15, -0.1) is 0 Å². The molecule has 6 heteroatoms. The van der Waals surface area contributed by atoms with E-state index in [9.17, 15) is 4.57 Å². The van der Waals surface area contributed by atoms with Crippen molar-refractivity contribution in [2.45, 2.75) is 52.4 Å². The normalized spacial score (nSPS) is 13.6. The van der Waals surface area contributed by atoms with Gasteiger partial charge in [-0.2, -0.15) is 0 Å². The van der Waals surface area contributed by atoms with Gasteiger partial charge in [-0.3, -0.25) is 4.57 Å². The van der Waals surface area contributed by atoms with Crippen molar-refractivity contribution in [2.24, 2.45) is 0 Å². The second-order valence-electron chi connectivity index (χ2n) is 7.17. The SMILES string of the molecule is Cc1cccc(CP(=O)(O[Si](C)(C)C)O[Si](C)(C)C)c1. The molecule has 0 aliphatic rings. The molecule has 114 valence electrons. The maximum Gasteiger partial charge on any atom is 0.315 e. The van der Waals surface area contributed by atoms with Crippen LogP contribution < -0.4 is 0 Å². The third-order valence-electron chi connectivity index (χ3n) is 2.28. The average molecular weight is 331 g/mol. The van der Waals surface area contributed by atoms with Crippen LogP contribution in [-0.4, -0.2) is 16.6 Å². The molecule has 0 saturated carbocycles. The van der Waals surface area contributed by atoms with Gasteiger partial charge in [0.05, 0.1) is 6.16 Å². The Morgan fingerprint density at radius 2 is 1.50 bits per heavy atom. The van der Waals surface area contributed by atoms with E-state index >= 15 is 0 Å². The molecule has 0 aliphatic heterocycles. The Labute approximate surface area is 125 Å². The Kier molecular flexibility index (Phi) is 5.61. The third-order valence-corrected chi connectivity index (χ3v) is 9.64. The van der Waals surface area contributed by atoms with Crippen LogP contribution in [0.5, 0.6) is 0 Å². The van der Waals surface area contributed by atoms with Crippen molar-refractivity contribution >= 4 is 24.2 Å². The first kappa shape index (κ1) is 17.9. The maximum atomic E-state index is 13.2. The van der Waals surface area contributed by atoms with E-state index in [4.69, 9.17) is 8.43 Å². The molecular formula is C14H27O3PSi2. The fraction of sp³-hybridized carbons (Fsp3) is 0.571. The summed E-state index contributed by atoms with van der Waals surface area (Å²) >= 11 is 0. The van der Waals surface area contributed by atoms with Crippen LogP contribution >= 0.6 is 7.60 Å². The molecule has 1 rings (SSSR count). The van der Waals surface area contributed by atoms with Gasteiger partial charge in [0.25, 0.3) is 0 Å². The molecule has 0 heterocycles. The summed E-state index contributed by atoms with van der Waals surface area (Å²) in [5.41, 5.74) is 2.18. The fourth-order valence-electron chi connectivity index (χ4n) is 1.95. The Hall–Kier alpha value is -0.196. The van der Waals surface area contributed by atoms with Crippen molar-refractivity contribution in [3.63, 3.8) is 0 Å². The molecule has 0 bridgehead atoms. The topological polar surface area (TPSA) is 35.5 Å². The second-order valence-corrected chi connectivity index (χ2v) is 18.6. The van der Waals surface area contributed by atoms with Gasteiger partial charge in [0.2, 0.25) is 0 Å². The van der Waals surface area contributed by atoms with Gasteiger partial charge in [-0.25, -0.2) is 0 Å². The van der Waals surface area contributed by atoms with Crippen molar-refractivity contribution in [1.82, 2.24) is 0 Å². The highest BCUT2D eigenvalue weighted by Gasteiger charge is 2.36. The zero-order valence-electron chi connectivity index (χ0n) is 13.7. The van der Waals surface area contributed by atoms with E-state index in [-0.39, 0.29) is 0 Å². The first-order chi connectivity index (χ1) is 8.89. The van der Waals surface area contributed by atoms with Crippen LogP contribution in [0.1, 0.15) is 11.1 Å². The van der Waals surface area contributed by atoms with Crippen LogP contribution in [0.2, 0.25) is 39.3 Å². The molecule has 0 atom stereocenters. The van der Waals surface area contributed by atoms with E-state index in [0.29, 0.717) is 6.16 Å². The van der Waals surface area contributed by atoms with Crippen molar-refractivity contribution in [2.75, 3.05) is 0 Å². The van der Waals surface area contributed by atoms with E-state index in [1.54, 1.807) is 0 Å². The van der Waals surface area contributed by atoms with Crippen molar-refractivity contribution in [1.29, 1.82) is 0 Å². The molecule has 3 nitrogen and oxygen atoms in total. The molecule has 0 spiro atoms. The average Bonchev–Trinajstić information content (AvgIpc) is 2.08. The summed E-state index contributed by atoms with van der Waals surface area (Å²) in [4.78, 5) is 0. The van der Waals surface area contributed by atoms with Gasteiger partial charge in [-0.1, -0.05) is 29.8 Å². The lowest BCUT2D eigenvalue weighted by Crippen LogP contribution is -2.30. The molecule has 20 heavy (non-hydrogen) atoms. The van der Waals surface area contributed by atoms with Crippen LogP contribution in [0.15, 0.2) is 24.3 Å². The van der Waals surface area contributed by atoms with Gasteiger partial charge >= 0.3 is 7.60 Å². The summed E-state index contributed by atoms with van der Waals surface area (Å²) in [7, 11) is -6.93.